The SMILES string of the molecule is Cc1ccc(COC(=O)c2ccc(CN3C(=O)CCC3=O)cc2)cc1. The Bertz CT molecular complexity index is 777. The number of rotatable bonds is 5. The molecule has 3 rings (SSSR count). The molecule has 1 saturated heterocycles. The Morgan fingerprint density at radius 1 is 0.920 bits per heavy atom. The molecular formula is C20H19NO4. The van der Waals surface area contributed by atoms with Crippen molar-refractivity contribution >= 4 is 17.8 Å². The first kappa shape index (κ1) is 16.9. The van der Waals surface area contributed by atoms with Gasteiger partial charge in [-0.05, 0) is 30.2 Å². The number of hydrogen-bond donors (Lipinski definition) is 0. The van der Waals surface area contributed by atoms with Crippen LogP contribution in [0.3, 0.4) is 0 Å². The molecule has 0 atom stereocenters. The van der Waals surface area contributed by atoms with Crippen molar-refractivity contribution in [1.29, 1.82) is 0 Å². The number of esters is 1. The molecule has 0 N–H and O–H groups in total. The third-order valence-corrected chi connectivity index (χ3v) is 4.18. The molecule has 2 aromatic rings. The van der Waals surface area contributed by atoms with Crippen LogP contribution < -0.4 is 0 Å². The second-order valence-electron chi connectivity index (χ2n) is 6.13. The van der Waals surface area contributed by atoms with Crippen LogP contribution in [0.4, 0.5) is 0 Å². The highest BCUT2D eigenvalue weighted by Crippen LogP contribution is 2.16. The van der Waals surface area contributed by atoms with Crippen molar-refractivity contribution in [2.45, 2.75) is 32.9 Å². The quantitative estimate of drug-likeness (QED) is 0.621. The number of imide groups is 1. The van der Waals surface area contributed by atoms with Crippen LogP contribution in [-0.2, 0) is 27.5 Å². The Morgan fingerprint density at radius 2 is 1.48 bits per heavy atom. The fourth-order valence-electron chi connectivity index (χ4n) is 2.64. The molecule has 128 valence electrons. The van der Waals surface area contributed by atoms with Gasteiger partial charge in [-0.1, -0.05) is 42.0 Å². The first-order valence-corrected chi connectivity index (χ1v) is 8.18. The number of benzene rings is 2. The average molecular weight is 337 g/mol. The molecule has 5 nitrogen and oxygen atoms in total. The van der Waals surface area contributed by atoms with Gasteiger partial charge in [0, 0.05) is 12.8 Å². The minimum atomic E-state index is -0.402. The topological polar surface area (TPSA) is 63.7 Å². The summed E-state index contributed by atoms with van der Waals surface area (Å²) in [5.74, 6) is -0.696. The summed E-state index contributed by atoms with van der Waals surface area (Å²) in [6.07, 6.45) is 0.560. The molecule has 0 aromatic heterocycles. The van der Waals surface area contributed by atoms with Crippen LogP contribution in [0, 0.1) is 6.92 Å². The number of carbonyl (C=O) groups excluding carboxylic acids is 3. The van der Waals surface area contributed by atoms with Gasteiger partial charge in [0.15, 0.2) is 0 Å². The minimum Gasteiger partial charge on any atom is -0.457 e. The lowest BCUT2D eigenvalue weighted by molar-refractivity contribution is -0.139. The van der Waals surface area contributed by atoms with E-state index in [0.717, 1.165) is 16.7 Å². The highest BCUT2D eigenvalue weighted by atomic mass is 16.5. The van der Waals surface area contributed by atoms with Crippen molar-refractivity contribution in [2.24, 2.45) is 0 Å². The van der Waals surface area contributed by atoms with Gasteiger partial charge >= 0.3 is 5.97 Å². The molecule has 0 saturated carbocycles. The lowest BCUT2D eigenvalue weighted by Gasteiger charge is -2.13. The maximum absolute atomic E-state index is 12.1. The molecule has 25 heavy (non-hydrogen) atoms. The maximum atomic E-state index is 12.1. The predicted molar refractivity (Wildman–Crippen MR) is 91.5 cm³/mol. The van der Waals surface area contributed by atoms with Crippen LogP contribution in [0.15, 0.2) is 48.5 Å². The summed E-state index contributed by atoms with van der Waals surface area (Å²) in [7, 11) is 0. The smallest absolute Gasteiger partial charge is 0.338 e. The Hall–Kier alpha value is -2.95. The second-order valence-corrected chi connectivity index (χ2v) is 6.13. The molecule has 0 bridgehead atoms. The average Bonchev–Trinajstić information content (AvgIpc) is 2.93. The molecule has 2 aromatic carbocycles. The molecule has 2 amide bonds. The van der Waals surface area contributed by atoms with E-state index in [1.165, 1.54) is 4.90 Å². The van der Waals surface area contributed by atoms with Gasteiger partial charge in [0.25, 0.3) is 0 Å². The van der Waals surface area contributed by atoms with Gasteiger partial charge in [-0.3, -0.25) is 14.5 Å². The van der Waals surface area contributed by atoms with Crippen LogP contribution in [0.1, 0.15) is 39.9 Å². The van der Waals surface area contributed by atoms with Crippen molar-refractivity contribution in [3.63, 3.8) is 0 Å². The van der Waals surface area contributed by atoms with Crippen LogP contribution in [0.2, 0.25) is 0 Å². The summed E-state index contributed by atoms with van der Waals surface area (Å²) in [4.78, 5) is 36.6. The molecule has 0 aliphatic carbocycles. The van der Waals surface area contributed by atoms with Gasteiger partial charge in [0.1, 0.15) is 6.61 Å². The Morgan fingerprint density at radius 3 is 2.08 bits per heavy atom. The Balaban J connectivity index is 1.57. The predicted octanol–water partition coefficient (Wildman–Crippen LogP) is 3.00. The van der Waals surface area contributed by atoms with E-state index in [-0.39, 0.29) is 37.8 Å². The lowest BCUT2D eigenvalue weighted by atomic mass is 10.1. The van der Waals surface area contributed by atoms with Crippen LogP contribution in [0.25, 0.3) is 0 Å². The summed E-state index contributed by atoms with van der Waals surface area (Å²) >= 11 is 0. The van der Waals surface area contributed by atoms with Crippen LogP contribution >= 0.6 is 0 Å². The van der Waals surface area contributed by atoms with Gasteiger partial charge < -0.3 is 4.74 Å². The van der Waals surface area contributed by atoms with Crippen molar-refractivity contribution in [3.8, 4) is 0 Å². The van der Waals surface area contributed by atoms with E-state index < -0.39 is 5.97 Å². The Labute approximate surface area is 146 Å². The van der Waals surface area contributed by atoms with E-state index in [1.807, 2.05) is 31.2 Å². The highest BCUT2D eigenvalue weighted by Gasteiger charge is 2.28. The molecular weight excluding hydrogens is 318 g/mol. The first-order valence-electron chi connectivity index (χ1n) is 8.18. The summed E-state index contributed by atoms with van der Waals surface area (Å²) in [5.41, 5.74) is 3.33. The minimum absolute atomic E-state index is 0.147. The number of aryl methyl sites for hydroxylation is 1. The number of amides is 2. The van der Waals surface area contributed by atoms with E-state index in [2.05, 4.69) is 0 Å². The molecule has 1 heterocycles. The molecule has 5 heteroatoms. The number of carbonyl (C=O) groups is 3. The van der Waals surface area contributed by atoms with Crippen molar-refractivity contribution < 1.29 is 19.1 Å². The molecule has 1 fully saturated rings. The van der Waals surface area contributed by atoms with E-state index >= 15 is 0 Å². The molecule has 0 spiro atoms. The van der Waals surface area contributed by atoms with Crippen molar-refractivity contribution in [3.05, 3.63) is 70.8 Å². The molecule has 1 aliphatic heterocycles. The second kappa shape index (κ2) is 7.30. The fourth-order valence-corrected chi connectivity index (χ4v) is 2.64. The zero-order valence-corrected chi connectivity index (χ0v) is 14.0. The largest absolute Gasteiger partial charge is 0.457 e. The van der Waals surface area contributed by atoms with Crippen molar-refractivity contribution in [2.75, 3.05) is 0 Å². The summed E-state index contributed by atoms with van der Waals surface area (Å²) < 4.78 is 5.30. The molecule has 0 unspecified atom stereocenters. The zero-order chi connectivity index (χ0) is 17.8. The monoisotopic (exact) mass is 337 g/mol. The van der Waals surface area contributed by atoms with E-state index in [9.17, 15) is 14.4 Å². The number of hydrogen-bond acceptors (Lipinski definition) is 4. The number of likely N-dealkylation sites (tertiary alicyclic amines) is 1. The number of nitrogens with zero attached hydrogens (tertiary/aromatic N) is 1. The van der Waals surface area contributed by atoms with Gasteiger partial charge in [0.2, 0.25) is 11.8 Å². The third-order valence-electron chi connectivity index (χ3n) is 4.18. The standard InChI is InChI=1S/C20H19NO4/c1-14-2-4-16(5-3-14)13-25-20(24)17-8-6-15(7-9-17)12-21-18(22)10-11-19(21)23/h2-9H,10-13H2,1H3. The number of ether oxygens (including phenoxy) is 1. The fraction of sp³-hybridized carbons (Fsp3) is 0.250. The lowest BCUT2D eigenvalue weighted by Crippen LogP contribution is -2.28. The molecule has 1 aliphatic rings. The Kier molecular flexibility index (Phi) is 4.93. The van der Waals surface area contributed by atoms with E-state index in [1.54, 1.807) is 24.3 Å². The summed E-state index contributed by atoms with van der Waals surface area (Å²) in [5, 5.41) is 0. The van der Waals surface area contributed by atoms with Crippen molar-refractivity contribution in [1.82, 2.24) is 4.90 Å². The summed E-state index contributed by atoms with van der Waals surface area (Å²) in [6.45, 7) is 2.47. The van der Waals surface area contributed by atoms with E-state index in [4.69, 9.17) is 4.74 Å². The van der Waals surface area contributed by atoms with Crippen LogP contribution in [0.5, 0.6) is 0 Å². The van der Waals surface area contributed by atoms with Gasteiger partial charge in [-0.2, -0.15) is 0 Å². The first-order chi connectivity index (χ1) is 12.0. The van der Waals surface area contributed by atoms with Gasteiger partial charge in [-0.25, -0.2) is 4.79 Å². The normalized spacial score (nSPS) is 14.0. The van der Waals surface area contributed by atoms with Gasteiger partial charge in [0.05, 0.1) is 12.1 Å². The summed E-state index contributed by atoms with van der Waals surface area (Å²) in [6, 6.07) is 14.6. The zero-order valence-electron chi connectivity index (χ0n) is 14.0. The highest BCUT2D eigenvalue weighted by molar-refractivity contribution is 6.01. The van der Waals surface area contributed by atoms with Gasteiger partial charge in [-0.15, -0.1) is 0 Å². The third kappa shape index (κ3) is 4.12. The van der Waals surface area contributed by atoms with Crippen LogP contribution in [-0.4, -0.2) is 22.7 Å². The molecule has 0 radical (unpaired) electrons. The maximum Gasteiger partial charge on any atom is 0.338 e. The van der Waals surface area contributed by atoms with E-state index in [0.29, 0.717) is 5.56 Å².